The van der Waals surface area contributed by atoms with E-state index in [1.807, 2.05) is 19.1 Å². The molecule has 6 nitrogen and oxygen atoms in total. The maximum atomic E-state index is 13.0. The first-order valence-corrected chi connectivity index (χ1v) is 9.65. The summed E-state index contributed by atoms with van der Waals surface area (Å²) in [4.78, 5) is 17.6. The molecule has 2 aromatic heterocycles. The van der Waals surface area contributed by atoms with Crippen molar-refractivity contribution in [3.8, 4) is 5.75 Å². The Morgan fingerprint density at radius 3 is 2.77 bits per heavy atom. The van der Waals surface area contributed by atoms with Crippen LogP contribution in [0, 0.1) is 6.92 Å². The fraction of sp³-hybridized carbons (Fsp3) is 0.130. The number of ether oxygens (including phenoxy) is 1. The molecule has 0 fully saturated rings. The molecule has 0 aliphatic carbocycles. The van der Waals surface area contributed by atoms with Crippen LogP contribution in [0.1, 0.15) is 21.7 Å². The van der Waals surface area contributed by atoms with Crippen LogP contribution in [0.3, 0.4) is 0 Å². The van der Waals surface area contributed by atoms with E-state index >= 15 is 0 Å². The number of para-hydroxylation sites is 1. The molecule has 1 amide bonds. The van der Waals surface area contributed by atoms with Crippen molar-refractivity contribution in [2.45, 2.75) is 13.5 Å². The van der Waals surface area contributed by atoms with Gasteiger partial charge in [0.2, 0.25) is 5.55 Å². The van der Waals surface area contributed by atoms with Crippen molar-refractivity contribution in [3.63, 3.8) is 0 Å². The molecule has 0 saturated carbocycles. The summed E-state index contributed by atoms with van der Waals surface area (Å²) in [6.07, 6.45) is 1.56. The average molecular weight is 423 g/mol. The zero-order valence-corrected chi connectivity index (χ0v) is 17.2. The minimum atomic E-state index is -0.328. The minimum absolute atomic E-state index is 0.175. The molecule has 0 radical (unpaired) electrons. The molecule has 0 saturated heterocycles. The highest BCUT2D eigenvalue weighted by atomic mass is 35.5. The highest BCUT2D eigenvalue weighted by Crippen LogP contribution is 2.26. The molecule has 0 atom stereocenters. The van der Waals surface area contributed by atoms with E-state index < -0.39 is 0 Å². The first-order valence-electron chi connectivity index (χ1n) is 9.27. The van der Waals surface area contributed by atoms with Gasteiger partial charge in [0.15, 0.2) is 11.3 Å². The third-order valence-corrected chi connectivity index (χ3v) is 4.82. The van der Waals surface area contributed by atoms with Gasteiger partial charge in [-0.2, -0.15) is 0 Å². The highest BCUT2D eigenvalue weighted by molar-refractivity contribution is 6.30. The summed E-state index contributed by atoms with van der Waals surface area (Å²) in [5.74, 6) is 0.874. The first-order chi connectivity index (χ1) is 14.5. The van der Waals surface area contributed by atoms with Crippen LogP contribution >= 0.6 is 11.6 Å². The molecule has 0 unspecified atom stereocenters. The van der Waals surface area contributed by atoms with Crippen LogP contribution in [0.4, 0.5) is 5.69 Å². The van der Waals surface area contributed by atoms with Crippen LogP contribution in [-0.2, 0) is 6.54 Å². The smallest absolute Gasteiger partial charge is 0.257 e. The molecule has 7 heteroatoms. The molecule has 0 aliphatic rings. The van der Waals surface area contributed by atoms with Crippen molar-refractivity contribution >= 4 is 34.2 Å². The highest BCUT2D eigenvalue weighted by Gasteiger charge is 2.15. The van der Waals surface area contributed by atoms with E-state index in [0.29, 0.717) is 33.4 Å². The van der Waals surface area contributed by atoms with Crippen molar-refractivity contribution in [1.82, 2.24) is 5.32 Å². The number of nitrogens with one attached hydrogen (secondary N) is 1. The van der Waals surface area contributed by atoms with Crippen molar-refractivity contribution in [1.29, 1.82) is 0 Å². The molecule has 2 heterocycles. The van der Waals surface area contributed by atoms with Crippen LogP contribution < -0.4 is 15.6 Å². The molecule has 1 N–H and O–H groups in total. The molecule has 30 heavy (non-hydrogen) atoms. The SMILES string of the molecule is COc1cccc2cc(C(=O)NCc3ccco3)c(=Nc3ccc(Cl)cc3C)oc12. The predicted molar refractivity (Wildman–Crippen MR) is 114 cm³/mol. The number of hydrogen-bond acceptors (Lipinski definition) is 5. The first kappa shape index (κ1) is 19.8. The minimum Gasteiger partial charge on any atom is -0.493 e. The van der Waals surface area contributed by atoms with Crippen molar-refractivity contribution in [2.24, 2.45) is 4.99 Å². The van der Waals surface area contributed by atoms with Crippen molar-refractivity contribution in [2.75, 3.05) is 7.11 Å². The molecule has 0 bridgehead atoms. The number of aryl methyl sites for hydroxylation is 1. The second-order valence-corrected chi connectivity index (χ2v) is 7.08. The van der Waals surface area contributed by atoms with Gasteiger partial charge in [-0.15, -0.1) is 0 Å². The summed E-state index contributed by atoms with van der Waals surface area (Å²) < 4.78 is 16.7. The van der Waals surface area contributed by atoms with Gasteiger partial charge in [0.25, 0.3) is 5.91 Å². The zero-order chi connectivity index (χ0) is 21.1. The van der Waals surface area contributed by atoms with Gasteiger partial charge in [-0.25, -0.2) is 4.99 Å². The largest absolute Gasteiger partial charge is 0.493 e. The number of furan rings is 1. The molecule has 0 aliphatic heterocycles. The Labute approximate surface area is 177 Å². The van der Waals surface area contributed by atoms with E-state index in [0.717, 1.165) is 10.9 Å². The molecule has 4 rings (SSSR count). The van der Waals surface area contributed by atoms with Gasteiger partial charge in [0, 0.05) is 10.4 Å². The number of carbonyl (C=O) groups excluding carboxylic acids is 1. The number of benzene rings is 2. The quantitative estimate of drug-likeness (QED) is 0.482. The summed E-state index contributed by atoms with van der Waals surface area (Å²) in [6, 6.07) is 16.1. The van der Waals surface area contributed by atoms with Crippen molar-refractivity contribution < 1.29 is 18.4 Å². The van der Waals surface area contributed by atoms with E-state index in [9.17, 15) is 4.79 Å². The fourth-order valence-electron chi connectivity index (χ4n) is 3.06. The maximum absolute atomic E-state index is 13.0. The lowest BCUT2D eigenvalue weighted by atomic mass is 10.1. The van der Waals surface area contributed by atoms with Gasteiger partial charge in [-0.3, -0.25) is 4.79 Å². The lowest BCUT2D eigenvalue weighted by Gasteiger charge is -2.09. The van der Waals surface area contributed by atoms with Gasteiger partial charge in [-0.1, -0.05) is 23.7 Å². The van der Waals surface area contributed by atoms with E-state index in [1.165, 1.54) is 0 Å². The number of halogens is 1. The topological polar surface area (TPSA) is 77.0 Å². The Bertz CT molecular complexity index is 1280. The van der Waals surface area contributed by atoms with Crippen LogP contribution in [0.2, 0.25) is 5.02 Å². The van der Waals surface area contributed by atoms with Crippen LogP contribution in [-0.4, -0.2) is 13.0 Å². The summed E-state index contributed by atoms with van der Waals surface area (Å²) in [5, 5.41) is 4.18. The van der Waals surface area contributed by atoms with Gasteiger partial charge in [0.05, 0.1) is 25.6 Å². The number of methoxy groups -OCH3 is 1. The van der Waals surface area contributed by atoms with Gasteiger partial charge < -0.3 is 18.9 Å². The molecule has 2 aromatic carbocycles. The van der Waals surface area contributed by atoms with E-state index in [1.54, 1.807) is 55.8 Å². The maximum Gasteiger partial charge on any atom is 0.257 e. The third kappa shape index (κ3) is 4.09. The normalized spacial score (nSPS) is 11.6. The van der Waals surface area contributed by atoms with E-state index in [2.05, 4.69) is 10.3 Å². The molecule has 0 spiro atoms. The predicted octanol–water partition coefficient (Wildman–Crippen LogP) is 5.16. The Morgan fingerprint density at radius 2 is 2.03 bits per heavy atom. The Hall–Kier alpha value is -3.51. The summed E-state index contributed by atoms with van der Waals surface area (Å²) in [5.41, 5.74) is 2.50. The number of rotatable bonds is 5. The Kier molecular flexibility index (Phi) is 5.59. The lowest BCUT2D eigenvalue weighted by molar-refractivity contribution is 0.0944. The molecular formula is C23H19ClN2O4. The van der Waals surface area contributed by atoms with Crippen LogP contribution in [0.15, 0.2) is 74.7 Å². The van der Waals surface area contributed by atoms with Crippen molar-refractivity contribution in [3.05, 3.63) is 88.3 Å². The molecule has 4 aromatic rings. The summed E-state index contributed by atoms with van der Waals surface area (Å²) in [6.45, 7) is 2.14. The monoisotopic (exact) mass is 422 g/mol. The molecule has 152 valence electrons. The standard InChI is InChI=1S/C23H19ClN2O4/c1-14-11-16(24)8-9-19(14)26-23-18(22(27)25-13-17-6-4-10-29-17)12-15-5-3-7-20(28-2)21(15)30-23/h3-12H,13H2,1-2H3,(H,25,27). The summed E-state index contributed by atoms with van der Waals surface area (Å²) >= 11 is 6.05. The second-order valence-electron chi connectivity index (χ2n) is 6.65. The van der Waals surface area contributed by atoms with Gasteiger partial charge in [0.1, 0.15) is 11.3 Å². The Balaban J connectivity index is 1.85. The number of carbonyl (C=O) groups is 1. The fourth-order valence-corrected chi connectivity index (χ4v) is 3.29. The Morgan fingerprint density at radius 1 is 1.17 bits per heavy atom. The van der Waals surface area contributed by atoms with E-state index in [-0.39, 0.29) is 18.0 Å². The number of amides is 1. The average Bonchev–Trinajstić information content (AvgIpc) is 3.26. The van der Waals surface area contributed by atoms with Gasteiger partial charge >= 0.3 is 0 Å². The van der Waals surface area contributed by atoms with Gasteiger partial charge in [-0.05, 0) is 55.0 Å². The van der Waals surface area contributed by atoms with Crippen LogP contribution in [0.5, 0.6) is 5.75 Å². The van der Waals surface area contributed by atoms with Crippen LogP contribution in [0.25, 0.3) is 11.0 Å². The van der Waals surface area contributed by atoms with E-state index in [4.69, 9.17) is 25.2 Å². The number of fused-ring (bicyclic) bond motifs is 1. The lowest BCUT2D eigenvalue weighted by Crippen LogP contribution is -2.28. The molecular weight excluding hydrogens is 404 g/mol. The second kappa shape index (κ2) is 8.47. The number of nitrogens with zero attached hydrogens (tertiary/aromatic N) is 1. The summed E-state index contributed by atoms with van der Waals surface area (Å²) in [7, 11) is 1.56. The third-order valence-electron chi connectivity index (χ3n) is 4.59. The number of hydrogen-bond donors (Lipinski definition) is 1. The zero-order valence-electron chi connectivity index (χ0n) is 16.4.